The van der Waals surface area contributed by atoms with E-state index in [1.807, 2.05) is 0 Å². The van der Waals surface area contributed by atoms with Crippen molar-refractivity contribution >= 4 is 12.0 Å². The maximum Gasteiger partial charge on any atom is 0.342 e. The molecule has 1 fully saturated rings. The highest BCUT2D eigenvalue weighted by molar-refractivity contribution is 5.97. The Balaban J connectivity index is 2.10. The monoisotopic (exact) mass is 480 g/mol. The highest BCUT2D eigenvalue weighted by Gasteiger charge is 2.44. The third-order valence-electron chi connectivity index (χ3n) is 5.80. The number of cyclic esters (lactones) is 1. The molecule has 1 N–H and O–H groups in total. The summed E-state index contributed by atoms with van der Waals surface area (Å²) < 4.78 is 48.7. The molecule has 1 aromatic rings. The first-order valence-corrected chi connectivity index (χ1v) is 11.1. The summed E-state index contributed by atoms with van der Waals surface area (Å²) in [5.74, 6) is -1.06. The number of esters is 1. The number of aliphatic hydroxyl groups is 1. The number of alkyl halides is 1. The van der Waals surface area contributed by atoms with E-state index in [1.165, 1.54) is 46.3 Å². The molecule has 0 aliphatic carbocycles. The number of aliphatic hydroxyl groups excluding tert-OH is 1. The van der Waals surface area contributed by atoms with Gasteiger partial charge in [-0.3, -0.25) is 0 Å². The largest absolute Gasteiger partial charge is 0.497 e. The third-order valence-corrected chi connectivity index (χ3v) is 5.80. The van der Waals surface area contributed by atoms with E-state index >= 15 is 4.39 Å². The van der Waals surface area contributed by atoms with Crippen LogP contribution < -0.4 is 9.47 Å². The molecule has 8 nitrogen and oxygen atoms in total. The van der Waals surface area contributed by atoms with E-state index in [1.54, 1.807) is 32.1 Å². The van der Waals surface area contributed by atoms with Crippen LogP contribution in [-0.2, 0) is 18.9 Å². The van der Waals surface area contributed by atoms with Crippen molar-refractivity contribution in [2.75, 3.05) is 21.0 Å². The van der Waals surface area contributed by atoms with Gasteiger partial charge in [-0.15, -0.1) is 0 Å². The van der Waals surface area contributed by atoms with E-state index < -0.39 is 41.8 Å². The lowest BCUT2D eigenvalue weighted by Gasteiger charge is -2.26. The second-order valence-electron chi connectivity index (χ2n) is 8.97. The van der Waals surface area contributed by atoms with Crippen molar-refractivity contribution in [2.24, 2.45) is 0 Å². The second kappa shape index (κ2) is 10.4. The van der Waals surface area contributed by atoms with Crippen molar-refractivity contribution in [3.05, 3.63) is 41.5 Å². The molecular formula is C25H33FO8. The van der Waals surface area contributed by atoms with Gasteiger partial charge < -0.3 is 33.5 Å². The maximum absolute atomic E-state index is 15.4. The molecule has 188 valence electrons. The first-order valence-electron chi connectivity index (χ1n) is 11.1. The van der Waals surface area contributed by atoms with Gasteiger partial charge in [0, 0.05) is 13.2 Å². The van der Waals surface area contributed by atoms with Crippen LogP contribution in [0.5, 0.6) is 11.5 Å². The van der Waals surface area contributed by atoms with E-state index in [0.717, 1.165) is 0 Å². The molecule has 0 aromatic heterocycles. The van der Waals surface area contributed by atoms with Gasteiger partial charge in [0.1, 0.15) is 35.4 Å². The summed E-state index contributed by atoms with van der Waals surface area (Å²) in [5.41, 5.74) is -1.51. The number of halogens is 1. The Labute approximate surface area is 199 Å². The van der Waals surface area contributed by atoms with Gasteiger partial charge in [-0.1, -0.05) is 18.2 Å². The summed E-state index contributed by atoms with van der Waals surface area (Å²) >= 11 is 0. The average Bonchev–Trinajstić information content (AvgIpc) is 3.09. The molecular weight excluding hydrogens is 447 g/mol. The first-order chi connectivity index (χ1) is 16.0. The maximum atomic E-state index is 15.4. The summed E-state index contributed by atoms with van der Waals surface area (Å²) in [6.07, 6.45) is 2.87. The van der Waals surface area contributed by atoms with Crippen molar-refractivity contribution in [3.63, 3.8) is 0 Å². The fraction of sp³-hybridized carbons (Fsp3) is 0.560. The Morgan fingerprint density at radius 3 is 2.62 bits per heavy atom. The van der Waals surface area contributed by atoms with Crippen LogP contribution in [-0.4, -0.2) is 68.0 Å². The van der Waals surface area contributed by atoms with Crippen LogP contribution in [0, 0.1) is 0 Å². The topological polar surface area (TPSA) is 92.7 Å². The predicted molar refractivity (Wildman–Crippen MR) is 123 cm³/mol. The molecule has 1 saturated heterocycles. The highest BCUT2D eigenvalue weighted by atomic mass is 19.1. The Morgan fingerprint density at radius 1 is 1.21 bits per heavy atom. The molecule has 9 heteroatoms. The summed E-state index contributed by atoms with van der Waals surface area (Å²) in [4.78, 5) is 13.2. The predicted octanol–water partition coefficient (Wildman–Crippen LogP) is 3.81. The number of rotatable bonds is 4. The van der Waals surface area contributed by atoms with Crippen LogP contribution in [0.1, 0.15) is 50.0 Å². The lowest BCUT2D eigenvalue weighted by atomic mass is 9.97. The number of ether oxygens (including phenoxy) is 6. The van der Waals surface area contributed by atoms with Gasteiger partial charge in [0.15, 0.2) is 18.2 Å². The van der Waals surface area contributed by atoms with Crippen molar-refractivity contribution < 1.29 is 42.7 Å². The zero-order chi connectivity index (χ0) is 25.1. The molecule has 5 unspecified atom stereocenters. The summed E-state index contributed by atoms with van der Waals surface area (Å²) in [7, 11) is 2.95. The molecule has 1 aromatic carbocycles. The van der Waals surface area contributed by atoms with E-state index in [4.69, 9.17) is 28.4 Å². The van der Waals surface area contributed by atoms with Gasteiger partial charge in [0.05, 0.1) is 13.2 Å². The number of methoxy groups -OCH3 is 2. The van der Waals surface area contributed by atoms with Gasteiger partial charge in [0.25, 0.3) is 0 Å². The number of benzene rings is 1. The normalized spacial score (nSPS) is 33.1. The molecule has 2 aliphatic heterocycles. The minimum atomic E-state index is -2.07. The van der Waals surface area contributed by atoms with Gasteiger partial charge in [-0.2, -0.15) is 0 Å². The Bertz CT molecular complexity index is 939. The number of carbonyl (C=O) groups is 1. The van der Waals surface area contributed by atoms with Gasteiger partial charge in [-0.05, 0) is 51.8 Å². The number of carbonyl (C=O) groups excluding carboxylic acids is 1. The molecule has 2 aliphatic rings. The Hall–Kier alpha value is -2.46. The number of hydrogen-bond donors (Lipinski definition) is 1. The van der Waals surface area contributed by atoms with Crippen molar-refractivity contribution in [2.45, 2.75) is 70.0 Å². The molecule has 3 rings (SSSR count). The molecule has 0 spiro atoms. The van der Waals surface area contributed by atoms with E-state index in [0.29, 0.717) is 17.7 Å². The Morgan fingerprint density at radius 2 is 1.94 bits per heavy atom. The standard InChI is InChI=1S/C25H33FO8/c1-15-25(4,26)11-10-18(27)22-19(33-24(2,3)34-22)9-7-8-16-12-17(30-6)13-20(31-14-29-5)21(16)23(28)32-15/h7-8,10-13,15,18-19,22,27H,9,14H2,1-6H3/b8-7+,11-10-. The molecule has 0 amide bonds. The zero-order valence-electron chi connectivity index (χ0n) is 20.4. The SMILES string of the molecule is COCOc1cc(OC)cc2c1C(=O)OC(C)C(C)(F)/C=C\C(O)C1OC(C)(C)OC1C/C=C/2. The molecule has 34 heavy (non-hydrogen) atoms. The lowest BCUT2D eigenvalue weighted by Crippen LogP contribution is -2.37. The highest BCUT2D eigenvalue weighted by Crippen LogP contribution is 2.35. The van der Waals surface area contributed by atoms with Gasteiger partial charge >= 0.3 is 5.97 Å². The smallest absolute Gasteiger partial charge is 0.342 e. The summed E-state index contributed by atoms with van der Waals surface area (Å²) in [5, 5.41) is 10.7. The fourth-order valence-corrected chi connectivity index (χ4v) is 3.85. The minimum Gasteiger partial charge on any atom is -0.497 e. The van der Waals surface area contributed by atoms with Crippen LogP contribution in [0.4, 0.5) is 4.39 Å². The van der Waals surface area contributed by atoms with Crippen LogP contribution in [0.2, 0.25) is 0 Å². The van der Waals surface area contributed by atoms with Crippen molar-refractivity contribution in [1.82, 2.24) is 0 Å². The van der Waals surface area contributed by atoms with Crippen LogP contribution in [0.25, 0.3) is 6.08 Å². The Kier molecular flexibility index (Phi) is 8.02. The molecule has 0 radical (unpaired) electrons. The quantitative estimate of drug-likeness (QED) is 0.395. The lowest BCUT2D eigenvalue weighted by molar-refractivity contribution is -0.152. The molecule has 5 atom stereocenters. The second-order valence-corrected chi connectivity index (χ2v) is 8.97. The van der Waals surface area contributed by atoms with E-state index in [-0.39, 0.29) is 18.1 Å². The molecule has 0 bridgehead atoms. The third kappa shape index (κ3) is 5.96. The first kappa shape index (κ1) is 26.2. The van der Waals surface area contributed by atoms with E-state index in [9.17, 15) is 9.90 Å². The zero-order valence-corrected chi connectivity index (χ0v) is 20.4. The van der Waals surface area contributed by atoms with Gasteiger partial charge in [0.2, 0.25) is 0 Å². The number of hydrogen-bond acceptors (Lipinski definition) is 8. The molecule has 0 saturated carbocycles. The minimum absolute atomic E-state index is 0.110. The van der Waals surface area contributed by atoms with Crippen LogP contribution in [0.3, 0.4) is 0 Å². The summed E-state index contributed by atoms with van der Waals surface area (Å²) in [6.45, 7) is 6.10. The van der Waals surface area contributed by atoms with Crippen LogP contribution >= 0.6 is 0 Å². The van der Waals surface area contributed by atoms with Crippen molar-refractivity contribution in [1.29, 1.82) is 0 Å². The van der Waals surface area contributed by atoms with Crippen LogP contribution in [0.15, 0.2) is 30.4 Å². The van der Waals surface area contributed by atoms with Gasteiger partial charge in [-0.25, -0.2) is 9.18 Å². The van der Waals surface area contributed by atoms with Crippen molar-refractivity contribution in [3.8, 4) is 11.5 Å². The average molecular weight is 481 g/mol. The van der Waals surface area contributed by atoms with E-state index in [2.05, 4.69) is 0 Å². The number of fused-ring (bicyclic) bond motifs is 2. The summed E-state index contributed by atoms with van der Waals surface area (Å²) in [6, 6.07) is 3.19. The molecule has 2 heterocycles. The fourth-order valence-electron chi connectivity index (χ4n) is 3.85.